The van der Waals surface area contributed by atoms with Gasteiger partial charge in [0.15, 0.2) is 5.82 Å². The minimum Gasteiger partial charge on any atom is -0.289 e. The van der Waals surface area contributed by atoms with Crippen molar-refractivity contribution in [3.8, 4) is 11.4 Å². The molecule has 4 nitrogen and oxygen atoms in total. The molecule has 1 heterocycles. The Morgan fingerprint density at radius 1 is 1.31 bits per heavy atom. The van der Waals surface area contributed by atoms with Crippen molar-refractivity contribution in [2.24, 2.45) is 0 Å². The van der Waals surface area contributed by atoms with Crippen LogP contribution in [0.25, 0.3) is 11.4 Å². The predicted octanol–water partition coefficient (Wildman–Crippen LogP) is 0.904. The second-order valence-corrected chi connectivity index (χ2v) is 2.51. The van der Waals surface area contributed by atoms with Gasteiger partial charge in [0, 0.05) is 0 Å². The van der Waals surface area contributed by atoms with Gasteiger partial charge >= 0.3 is 5.69 Å². The smallest absolute Gasteiger partial charge is 0.289 e. The lowest BCUT2D eigenvalue weighted by atomic mass is 10.2. The molecule has 0 fully saturated rings. The van der Waals surface area contributed by atoms with Gasteiger partial charge in [0.2, 0.25) is 0 Å². The van der Waals surface area contributed by atoms with E-state index in [1.807, 2.05) is 0 Å². The maximum absolute atomic E-state index is 13.1. The number of rotatable bonds is 1. The third kappa shape index (κ3) is 1.35. The quantitative estimate of drug-likeness (QED) is 0.683. The number of aromatic amines is 2. The largest absolute Gasteiger partial charge is 0.340 e. The average Bonchev–Trinajstić information content (AvgIpc) is 2.53. The molecule has 0 aliphatic heterocycles. The Morgan fingerprint density at radius 3 is 2.69 bits per heavy atom. The lowest BCUT2D eigenvalue weighted by Gasteiger charge is -1.95. The number of aromatic nitrogens is 3. The summed E-state index contributed by atoms with van der Waals surface area (Å²) in [5.74, 6) is -0.201. The van der Waals surface area contributed by atoms with E-state index in [1.165, 1.54) is 6.07 Å². The van der Waals surface area contributed by atoms with Crippen molar-refractivity contribution in [2.75, 3.05) is 0 Å². The number of hydrogen-bond acceptors (Lipinski definition) is 2. The fourth-order valence-corrected chi connectivity index (χ4v) is 1.05. The molecule has 0 aliphatic carbocycles. The molecule has 0 radical (unpaired) electrons. The number of benzene rings is 1. The highest BCUT2D eigenvalue weighted by Crippen LogP contribution is 2.15. The van der Waals surface area contributed by atoms with E-state index in [9.17, 15) is 9.18 Å². The molecule has 0 amide bonds. The zero-order chi connectivity index (χ0) is 9.26. The molecule has 0 bridgehead atoms. The highest BCUT2D eigenvalue weighted by Gasteiger charge is 2.06. The van der Waals surface area contributed by atoms with Gasteiger partial charge in [-0.1, -0.05) is 12.1 Å². The third-order valence-corrected chi connectivity index (χ3v) is 1.63. The summed E-state index contributed by atoms with van der Waals surface area (Å²) < 4.78 is 13.1. The zero-order valence-corrected chi connectivity index (χ0v) is 6.54. The second-order valence-electron chi connectivity index (χ2n) is 2.51. The van der Waals surface area contributed by atoms with Gasteiger partial charge in [0.1, 0.15) is 5.82 Å². The van der Waals surface area contributed by atoms with Crippen LogP contribution in [-0.2, 0) is 0 Å². The summed E-state index contributed by atoms with van der Waals surface area (Å²) in [5, 5.41) is 5.78. The van der Waals surface area contributed by atoms with Crippen molar-refractivity contribution in [2.45, 2.75) is 0 Å². The van der Waals surface area contributed by atoms with E-state index in [-0.39, 0.29) is 11.4 Å². The van der Waals surface area contributed by atoms with E-state index in [0.29, 0.717) is 0 Å². The zero-order valence-electron chi connectivity index (χ0n) is 6.54. The van der Waals surface area contributed by atoms with Gasteiger partial charge < -0.3 is 0 Å². The first-order chi connectivity index (χ1) is 6.27. The fraction of sp³-hybridized carbons (Fsp3) is 0. The Hall–Kier alpha value is -1.91. The Kier molecular flexibility index (Phi) is 1.70. The third-order valence-electron chi connectivity index (χ3n) is 1.63. The Morgan fingerprint density at radius 2 is 2.08 bits per heavy atom. The van der Waals surface area contributed by atoms with Crippen LogP contribution in [0, 0.1) is 5.82 Å². The second kappa shape index (κ2) is 2.85. The van der Waals surface area contributed by atoms with E-state index >= 15 is 0 Å². The van der Waals surface area contributed by atoms with Crippen LogP contribution >= 0.6 is 0 Å². The topological polar surface area (TPSA) is 61.5 Å². The van der Waals surface area contributed by atoms with Crippen LogP contribution in [0.3, 0.4) is 0 Å². The Bertz CT molecular complexity index is 474. The Labute approximate surface area is 72.4 Å². The molecule has 0 spiro atoms. The van der Waals surface area contributed by atoms with Crippen molar-refractivity contribution >= 4 is 0 Å². The molecule has 0 saturated carbocycles. The van der Waals surface area contributed by atoms with Crippen LogP contribution in [0.4, 0.5) is 4.39 Å². The van der Waals surface area contributed by atoms with Crippen molar-refractivity contribution in [1.29, 1.82) is 0 Å². The van der Waals surface area contributed by atoms with E-state index in [4.69, 9.17) is 0 Å². The molecule has 1 aromatic heterocycles. The van der Waals surface area contributed by atoms with Gasteiger partial charge in [-0.15, -0.1) is 0 Å². The number of nitrogens with zero attached hydrogens (tertiary/aromatic N) is 1. The summed E-state index contributed by atoms with van der Waals surface area (Å²) in [7, 11) is 0. The average molecular weight is 179 g/mol. The van der Waals surface area contributed by atoms with Crippen molar-refractivity contribution < 1.29 is 4.39 Å². The molecule has 0 unspecified atom stereocenters. The highest BCUT2D eigenvalue weighted by atomic mass is 19.1. The number of hydrogen-bond donors (Lipinski definition) is 2. The fourth-order valence-electron chi connectivity index (χ4n) is 1.05. The summed E-state index contributed by atoms with van der Waals surface area (Å²) in [6.07, 6.45) is 0. The molecule has 2 N–H and O–H groups in total. The molecule has 0 saturated heterocycles. The lowest BCUT2D eigenvalue weighted by Crippen LogP contribution is -2.00. The first kappa shape index (κ1) is 7.72. The summed E-state index contributed by atoms with van der Waals surface area (Å²) in [6.45, 7) is 0. The normalized spacial score (nSPS) is 10.2. The molecule has 5 heteroatoms. The number of H-pyrrole nitrogens is 2. The van der Waals surface area contributed by atoms with Crippen LogP contribution in [-0.4, -0.2) is 15.2 Å². The maximum atomic E-state index is 13.1. The van der Waals surface area contributed by atoms with Crippen LogP contribution < -0.4 is 5.69 Å². The summed E-state index contributed by atoms with van der Waals surface area (Å²) >= 11 is 0. The van der Waals surface area contributed by atoms with Gasteiger partial charge in [-0.25, -0.2) is 14.3 Å². The molecule has 2 aromatic rings. The molecule has 13 heavy (non-hydrogen) atoms. The van der Waals surface area contributed by atoms with E-state index in [2.05, 4.69) is 15.2 Å². The molecule has 2 rings (SSSR count). The molecular weight excluding hydrogens is 173 g/mol. The summed E-state index contributed by atoms with van der Waals surface area (Å²) in [6, 6.07) is 6.10. The number of nitrogens with one attached hydrogen (secondary N) is 2. The van der Waals surface area contributed by atoms with Gasteiger partial charge in [0.25, 0.3) is 0 Å². The lowest BCUT2D eigenvalue weighted by molar-refractivity contribution is 0.630. The molecule has 66 valence electrons. The minimum atomic E-state index is -0.446. The maximum Gasteiger partial charge on any atom is 0.340 e. The summed E-state index contributed by atoms with van der Waals surface area (Å²) in [4.78, 5) is 13.0. The van der Waals surface area contributed by atoms with Crippen LogP contribution in [0.5, 0.6) is 0 Å². The van der Waals surface area contributed by atoms with Gasteiger partial charge in [-0.05, 0) is 12.1 Å². The first-order valence-corrected chi connectivity index (χ1v) is 3.67. The van der Waals surface area contributed by atoms with Crippen molar-refractivity contribution in [3.63, 3.8) is 0 Å². The van der Waals surface area contributed by atoms with Crippen molar-refractivity contribution in [3.05, 3.63) is 40.6 Å². The standard InChI is InChI=1S/C8H6FN3O/c9-6-4-2-1-3-5(6)7-10-8(13)12-11-7/h1-4H,(H2,10,11,12,13). The molecular formula is C8H6FN3O. The number of halogens is 1. The molecule has 0 aliphatic rings. The van der Waals surface area contributed by atoms with Gasteiger partial charge in [-0.3, -0.25) is 4.98 Å². The van der Waals surface area contributed by atoms with Gasteiger partial charge in [0.05, 0.1) is 5.56 Å². The highest BCUT2D eigenvalue weighted by molar-refractivity contribution is 5.54. The predicted molar refractivity (Wildman–Crippen MR) is 44.6 cm³/mol. The van der Waals surface area contributed by atoms with E-state index in [1.54, 1.807) is 18.2 Å². The molecule has 1 aromatic carbocycles. The first-order valence-electron chi connectivity index (χ1n) is 3.67. The SMILES string of the molecule is O=c1[nH]nc(-c2ccccc2F)[nH]1. The van der Waals surface area contributed by atoms with Crippen LogP contribution in [0.15, 0.2) is 29.1 Å². The summed E-state index contributed by atoms with van der Waals surface area (Å²) in [5.41, 5.74) is -0.167. The van der Waals surface area contributed by atoms with Crippen LogP contribution in [0.2, 0.25) is 0 Å². The van der Waals surface area contributed by atoms with E-state index in [0.717, 1.165) is 0 Å². The Balaban J connectivity index is 2.58. The van der Waals surface area contributed by atoms with Crippen LogP contribution in [0.1, 0.15) is 0 Å². The minimum absolute atomic E-state index is 0.211. The van der Waals surface area contributed by atoms with Crippen molar-refractivity contribution in [1.82, 2.24) is 15.2 Å². The van der Waals surface area contributed by atoms with Gasteiger partial charge in [-0.2, -0.15) is 5.10 Å². The monoisotopic (exact) mass is 179 g/mol. The van der Waals surface area contributed by atoms with E-state index < -0.39 is 11.5 Å². The molecule has 0 atom stereocenters.